The number of hydrogen-bond acceptors (Lipinski definition) is 5. The van der Waals surface area contributed by atoms with Gasteiger partial charge in [-0.3, -0.25) is 4.79 Å². The Bertz CT molecular complexity index is 980. The van der Waals surface area contributed by atoms with E-state index in [1.807, 2.05) is 29.2 Å². The summed E-state index contributed by atoms with van der Waals surface area (Å²) in [4.78, 5) is 16.9. The predicted octanol–water partition coefficient (Wildman–Crippen LogP) is 3.80. The number of amides is 1. The third-order valence-corrected chi connectivity index (χ3v) is 5.22. The fourth-order valence-electron chi connectivity index (χ4n) is 3.57. The first-order valence-electron chi connectivity index (χ1n) is 9.87. The van der Waals surface area contributed by atoms with Crippen LogP contribution in [0.3, 0.4) is 0 Å². The van der Waals surface area contributed by atoms with E-state index >= 15 is 0 Å². The summed E-state index contributed by atoms with van der Waals surface area (Å²) in [5.41, 5.74) is 4.92. The number of carbonyl (C=O) groups is 1. The molecule has 0 radical (unpaired) electrons. The Morgan fingerprint density at radius 2 is 1.66 bits per heavy atom. The highest BCUT2D eigenvalue weighted by Crippen LogP contribution is 2.20. The van der Waals surface area contributed by atoms with Gasteiger partial charge in [-0.05, 0) is 49.7 Å². The molecule has 2 aromatic carbocycles. The van der Waals surface area contributed by atoms with Crippen molar-refractivity contribution >= 4 is 23.1 Å². The lowest BCUT2D eigenvalue weighted by Crippen LogP contribution is -2.49. The molecule has 148 valence electrons. The number of nitrogens with one attached hydrogen (secondary N) is 1. The van der Waals surface area contributed by atoms with Crippen molar-refractivity contribution in [1.29, 1.82) is 0 Å². The van der Waals surface area contributed by atoms with E-state index in [1.165, 1.54) is 11.3 Å². The van der Waals surface area contributed by atoms with Crippen molar-refractivity contribution in [2.75, 3.05) is 36.4 Å². The monoisotopic (exact) mass is 387 g/mol. The van der Waals surface area contributed by atoms with Gasteiger partial charge in [0.25, 0.3) is 5.91 Å². The van der Waals surface area contributed by atoms with Gasteiger partial charge in [0.2, 0.25) is 0 Å². The molecule has 0 unspecified atom stereocenters. The van der Waals surface area contributed by atoms with E-state index in [4.69, 9.17) is 0 Å². The van der Waals surface area contributed by atoms with Crippen LogP contribution in [0.5, 0.6) is 0 Å². The maximum Gasteiger partial charge on any atom is 0.274 e. The predicted molar refractivity (Wildman–Crippen MR) is 116 cm³/mol. The van der Waals surface area contributed by atoms with Gasteiger partial charge in [0, 0.05) is 37.6 Å². The zero-order valence-electron chi connectivity index (χ0n) is 16.8. The number of piperazine rings is 1. The fourth-order valence-corrected chi connectivity index (χ4v) is 3.57. The van der Waals surface area contributed by atoms with Crippen molar-refractivity contribution in [1.82, 2.24) is 15.1 Å². The number of anilines is 3. The van der Waals surface area contributed by atoms with Gasteiger partial charge in [0.05, 0.1) is 0 Å². The van der Waals surface area contributed by atoms with E-state index in [-0.39, 0.29) is 5.91 Å². The minimum Gasteiger partial charge on any atom is -0.368 e. The number of rotatable bonds is 4. The van der Waals surface area contributed by atoms with E-state index in [0.29, 0.717) is 24.6 Å². The van der Waals surface area contributed by atoms with Crippen LogP contribution in [0.2, 0.25) is 0 Å². The highest BCUT2D eigenvalue weighted by molar-refractivity contribution is 5.92. The Labute approximate surface area is 171 Å². The zero-order chi connectivity index (χ0) is 20.2. The molecule has 1 aliphatic rings. The smallest absolute Gasteiger partial charge is 0.274 e. The van der Waals surface area contributed by atoms with E-state index in [9.17, 15) is 4.79 Å². The molecule has 1 saturated heterocycles. The number of hydrogen-bond donors (Lipinski definition) is 1. The van der Waals surface area contributed by atoms with Crippen LogP contribution in [0, 0.1) is 13.8 Å². The zero-order valence-corrected chi connectivity index (χ0v) is 16.8. The molecular formula is C23H25N5O. The van der Waals surface area contributed by atoms with Gasteiger partial charge in [-0.25, -0.2) is 0 Å². The number of carbonyl (C=O) groups excluding carboxylic acids is 1. The van der Waals surface area contributed by atoms with Gasteiger partial charge in [-0.1, -0.05) is 35.9 Å². The molecule has 1 aliphatic heterocycles. The number of benzene rings is 2. The summed E-state index contributed by atoms with van der Waals surface area (Å²) in [6.45, 7) is 7.10. The van der Waals surface area contributed by atoms with Crippen molar-refractivity contribution in [3.05, 3.63) is 77.5 Å². The summed E-state index contributed by atoms with van der Waals surface area (Å²) in [7, 11) is 0. The molecule has 0 bridgehead atoms. The van der Waals surface area contributed by atoms with Crippen LogP contribution in [0.1, 0.15) is 21.6 Å². The molecular weight excluding hydrogens is 362 g/mol. The van der Waals surface area contributed by atoms with E-state index in [1.54, 1.807) is 12.1 Å². The first-order valence-corrected chi connectivity index (χ1v) is 9.87. The third-order valence-electron chi connectivity index (χ3n) is 5.22. The number of aryl methyl sites for hydroxylation is 2. The first-order chi connectivity index (χ1) is 14.1. The van der Waals surface area contributed by atoms with Gasteiger partial charge < -0.3 is 15.1 Å². The summed E-state index contributed by atoms with van der Waals surface area (Å²) < 4.78 is 0. The molecule has 6 nitrogen and oxygen atoms in total. The Morgan fingerprint density at radius 1 is 0.897 bits per heavy atom. The van der Waals surface area contributed by atoms with Crippen molar-refractivity contribution in [2.45, 2.75) is 13.8 Å². The SMILES string of the molecule is Cc1ccc(Nc2ccc(C(=O)N3CCN(c4ccccc4)CC3)nn2)c(C)c1. The van der Waals surface area contributed by atoms with Crippen LogP contribution < -0.4 is 10.2 Å². The second kappa shape index (κ2) is 8.31. The highest BCUT2D eigenvalue weighted by Gasteiger charge is 2.23. The minimum atomic E-state index is -0.0664. The lowest BCUT2D eigenvalue weighted by molar-refractivity contribution is 0.0739. The van der Waals surface area contributed by atoms with Crippen molar-refractivity contribution in [3.8, 4) is 0 Å². The largest absolute Gasteiger partial charge is 0.368 e. The molecule has 4 rings (SSSR count). The molecule has 0 atom stereocenters. The van der Waals surface area contributed by atoms with Crippen LogP contribution in [-0.2, 0) is 0 Å². The molecule has 1 aromatic heterocycles. The average Bonchev–Trinajstić information content (AvgIpc) is 2.76. The molecule has 2 heterocycles. The highest BCUT2D eigenvalue weighted by atomic mass is 16.2. The Balaban J connectivity index is 1.37. The van der Waals surface area contributed by atoms with Gasteiger partial charge >= 0.3 is 0 Å². The molecule has 1 N–H and O–H groups in total. The van der Waals surface area contributed by atoms with Gasteiger partial charge in [-0.2, -0.15) is 0 Å². The second-order valence-electron chi connectivity index (χ2n) is 7.36. The fraction of sp³-hybridized carbons (Fsp3) is 0.261. The van der Waals surface area contributed by atoms with Crippen LogP contribution >= 0.6 is 0 Å². The van der Waals surface area contributed by atoms with E-state index < -0.39 is 0 Å². The Kier molecular flexibility index (Phi) is 5.42. The van der Waals surface area contributed by atoms with Crippen LogP contribution in [0.25, 0.3) is 0 Å². The van der Waals surface area contributed by atoms with E-state index in [0.717, 1.165) is 24.3 Å². The summed E-state index contributed by atoms with van der Waals surface area (Å²) in [5.74, 6) is 0.561. The number of aromatic nitrogens is 2. The molecule has 0 saturated carbocycles. The maximum atomic E-state index is 12.8. The maximum absolute atomic E-state index is 12.8. The topological polar surface area (TPSA) is 61.4 Å². The van der Waals surface area contributed by atoms with Crippen molar-refractivity contribution in [3.63, 3.8) is 0 Å². The average molecular weight is 387 g/mol. The molecule has 1 amide bonds. The van der Waals surface area contributed by atoms with Crippen molar-refractivity contribution in [2.24, 2.45) is 0 Å². The van der Waals surface area contributed by atoms with Gasteiger partial charge in [0.15, 0.2) is 11.5 Å². The summed E-state index contributed by atoms with van der Waals surface area (Å²) in [6.07, 6.45) is 0. The molecule has 0 aliphatic carbocycles. The minimum absolute atomic E-state index is 0.0664. The lowest BCUT2D eigenvalue weighted by atomic mass is 10.1. The third kappa shape index (κ3) is 4.37. The molecule has 29 heavy (non-hydrogen) atoms. The first kappa shape index (κ1) is 18.9. The van der Waals surface area contributed by atoms with Crippen LogP contribution in [-0.4, -0.2) is 47.2 Å². The number of para-hydroxylation sites is 1. The molecule has 6 heteroatoms. The Hall–Kier alpha value is -3.41. The summed E-state index contributed by atoms with van der Waals surface area (Å²) in [5, 5.41) is 11.6. The standard InChI is InChI=1S/C23H25N5O/c1-17-8-9-20(18(2)16-17)24-22-11-10-21(25-26-22)23(29)28-14-12-27(13-15-28)19-6-4-3-5-7-19/h3-11,16H,12-15H2,1-2H3,(H,24,26). The molecule has 1 fully saturated rings. The summed E-state index contributed by atoms with van der Waals surface area (Å²) in [6, 6.07) is 20.0. The quantitative estimate of drug-likeness (QED) is 0.738. The Morgan fingerprint density at radius 3 is 2.31 bits per heavy atom. The van der Waals surface area contributed by atoms with Crippen molar-refractivity contribution < 1.29 is 4.79 Å². The van der Waals surface area contributed by atoms with Crippen LogP contribution in [0.4, 0.5) is 17.2 Å². The summed E-state index contributed by atoms with van der Waals surface area (Å²) >= 11 is 0. The van der Waals surface area contributed by atoms with Crippen LogP contribution in [0.15, 0.2) is 60.7 Å². The van der Waals surface area contributed by atoms with Gasteiger partial charge in [-0.15, -0.1) is 10.2 Å². The number of nitrogens with zero attached hydrogens (tertiary/aromatic N) is 4. The van der Waals surface area contributed by atoms with E-state index in [2.05, 4.69) is 58.5 Å². The second-order valence-corrected chi connectivity index (χ2v) is 7.36. The van der Waals surface area contributed by atoms with Gasteiger partial charge in [0.1, 0.15) is 0 Å². The normalized spacial score (nSPS) is 14.0. The lowest BCUT2D eigenvalue weighted by Gasteiger charge is -2.35. The molecule has 0 spiro atoms. The molecule has 3 aromatic rings.